The Labute approximate surface area is 278 Å². The molecule has 0 saturated heterocycles. The standard InChI is InChI=1S/C47H30O/c1-47(2)41-13-6-5-10-34(41)39-26-43-40(25-42(39)47)38-12-7-11-37(46(38)48-43)33-21-17-29-18-22-35-32(20-16-28-19-23-36(33)45(29)44(28)35)31-15-14-27-8-3-4-9-30(27)24-31/h3-26H,1-2H3. The number of furan rings is 1. The fraction of sp³-hybridized carbons (Fsp3) is 0.0638. The molecule has 9 aromatic carbocycles. The van der Waals surface area contributed by atoms with Crippen LogP contribution in [-0.2, 0) is 5.41 Å². The quantitative estimate of drug-likeness (QED) is 0.178. The number of fused-ring (bicyclic) bond motifs is 7. The van der Waals surface area contributed by atoms with Gasteiger partial charge in [-0.3, -0.25) is 0 Å². The molecule has 224 valence electrons. The number of hydrogen-bond donors (Lipinski definition) is 0. The minimum absolute atomic E-state index is 0.0565. The summed E-state index contributed by atoms with van der Waals surface area (Å²) in [5.74, 6) is 0. The number of benzene rings is 9. The first kappa shape index (κ1) is 26.2. The molecule has 0 aliphatic heterocycles. The maximum Gasteiger partial charge on any atom is 0.143 e. The molecule has 48 heavy (non-hydrogen) atoms. The molecule has 0 radical (unpaired) electrons. The van der Waals surface area contributed by atoms with Gasteiger partial charge < -0.3 is 4.42 Å². The molecule has 0 saturated carbocycles. The highest BCUT2D eigenvalue weighted by atomic mass is 16.3. The predicted molar refractivity (Wildman–Crippen MR) is 203 cm³/mol. The predicted octanol–water partition coefficient (Wildman–Crippen LogP) is 13.3. The van der Waals surface area contributed by atoms with E-state index in [-0.39, 0.29) is 5.41 Å². The lowest BCUT2D eigenvalue weighted by molar-refractivity contribution is 0.658. The fourth-order valence-corrected chi connectivity index (χ4v) is 8.85. The SMILES string of the molecule is CC1(C)c2ccccc2-c2cc3oc4c(-c5ccc6ccc7c(-c8ccc9ccccc9c8)ccc8ccc5c6c87)cccc4c3cc21. The third kappa shape index (κ3) is 3.35. The van der Waals surface area contributed by atoms with E-state index in [1.165, 1.54) is 92.8 Å². The Hall–Kier alpha value is -5.92. The van der Waals surface area contributed by atoms with Crippen molar-refractivity contribution in [3.63, 3.8) is 0 Å². The summed E-state index contributed by atoms with van der Waals surface area (Å²) in [6.45, 7) is 4.68. The minimum Gasteiger partial charge on any atom is -0.455 e. The van der Waals surface area contributed by atoms with E-state index in [1.807, 2.05) is 0 Å². The van der Waals surface area contributed by atoms with Crippen molar-refractivity contribution in [1.29, 1.82) is 0 Å². The monoisotopic (exact) mass is 610 g/mol. The van der Waals surface area contributed by atoms with E-state index in [9.17, 15) is 0 Å². The lowest BCUT2D eigenvalue weighted by Crippen LogP contribution is -2.14. The van der Waals surface area contributed by atoms with Crippen LogP contribution in [0.3, 0.4) is 0 Å². The summed E-state index contributed by atoms with van der Waals surface area (Å²) in [4.78, 5) is 0. The second-order valence-corrected chi connectivity index (χ2v) is 14.1. The van der Waals surface area contributed by atoms with Gasteiger partial charge in [0, 0.05) is 21.8 Å². The van der Waals surface area contributed by atoms with E-state index >= 15 is 0 Å². The average Bonchev–Trinajstić information content (AvgIpc) is 3.61. The Balaban J connectivity index is 1.15. The third-order valence-electron chi connectivity index (χ3n) is 11.2. The van der Waals surface area contributed by atoms with Crippen molar-refractivity contribution in [3.05, 3.63) is 157 Å². The molecule has 1 nitrogen and oxygen atoms in total. The molecule has 0 fully saturated rings. The van der Waals surface area contributed by atoms with Crippen LogP contribution < -0.4 is 0 Å². The Bertz CT molecular complexity index is 2970. The smallest absolute Gasteiger partial charge is 0.143 e. The highest BCUT2D eigenvalue weighted by molar-refractivity contribution is 6.28. The summed E-state index contributed by atoms with van der Waals surface area (Å²) in [5, 5.41) is 12.6. The molecule has 0 unspecified atom stereocenters. The number of rotatable bonds is 2. The molecular formula is C47H30O. The Morgan fingerprint density at radius 2 is 1.06 bits per heavy atom. The van der Waals surface area contributed by atoms with Gasteiger partial charge in [0.1, 0.15) is 11.2 Å². The molecule has 1 aromatic heterocycles. The van der Waals surface area contributed by atoms with Gasteiger partial charge in [0.2, 0.25) is 0 Å². The summed E-state index contributed by atoms with van der Waals surface area (Å²) in [6, 6.07) is 53.9. The maximum atomic E-state index is 6.85. The second-order valence-electron chi connectivity index (χ2n) is 14.1. The van der Waals surface area contributed by atoms with Crippen LogP contribution in [0.4, 0.5) is 0 Å². The molecule has 0 spiro atoms. The zero-order valence-electron chi connectivity index (χ0n) is 26.8. The van der Waals surface area contributed by atoms with Crippen molar-refractivity contribution in [1.82, 2.24) is 0 Å². The van der Waals surface area contributed by atoms with Crippen LogP contribution in [0.25, 0.3) is 98.4 Å². The van der Waals surface area contributed by atoms with Gasteiger partial charge in [0.15, 0.2) is 0 Å². The first-order valence-electron chi connectivity index (χ1n) is 16.8. The van der Waals surface area contributed by atoms with E-state index in [4.69, 9.17) is 4.42 Å². The topological polar surface area (TPSA) is 13.1 Å². The van der Waals surface area contributed by atoms with Gasteiger partial charge in [0.25, 0.3) is 0 Å². The van der Waals surface area contributed by atoms with Crippen LogP contribution in [-0.4, -0.2) is 0 Å². The molecule has 1 aliphatic carbocycles. The number of para-hydroxylation sites is 1. The molecule has 1 heterocycles. The Morgan fingerprint density at radius 1 is 0.396 bits per heavy atom. The highest BCUT2D eigenvalue weighted by Crippen LogP contribution is 2.51. The summed E-state index contributed by atoms with van der Waals surface area (Å²) >= 11 is 0. The molecule has 0 N–H and O–H groups in total. The van der Waals surface area contributed by atoms with Crippen LogP contribution in [0.2, 0.25) is 0 Å². The number of hydrogen-bond acceptors (Lipinski definition) is 1. The highest BCUT2D eigenvalue weighted by Gasteiger charge is 2.36. The van der Waals surface area contributed by atoms with Crippen molar-refractivity contribution in [3.8, 4) is 33.4 Å². The van der Waals surface area contributed by atoms with Crippen molar-refractivity contribution in [2.24, 2.45) is 0 Å². The lowest BCUT2D eigenvalue weighted by Gasteiger charge is -2.21. The van der Waals surface area contributed by atoms with Crippen LogP contribution in [0.5, 0.6) is 0 Å². The summed E-state index contributed by atoms with van der Waals surface area (Å²) < 4.78 is 6.85. The van der Waals surface area contributed by atoms with Gasteiger partial charge in [-0.1, -0.05) is 141 Å². The molecule has 0 atom stereocenters. The normalized spacial score (nSPS) is 13.8. The van der Waals surface area contributed by atoms with Crippen molar-refractivity contribution < 1.29 is 4.42 Å². The van der Waals surface area contributed by atoms with Crippen molar-refractivity contribution in [2.45, 2.75) is 19.3 Å². The van der Waals surface area contributed by atoms with E-state index < -0.39 is 0 Å². The zero-order chi connectivity index (χ0) is 31.7. The van der Waals surface area contributed by atoms with Crippen LogP contribution in [0, 0.1) is 0 Å². The van der Waals surface area contributed by atoms with Gasteiger partial charge in [-0.05, 0) is 100 Å². The van der Waals surface area contributed by atoms with Crippen LogP contribution in [0.1, 0.15) is 25.0 Å². The molecule has 11 rings (SSSR count). The maximum absolute atomic E-state index is 6.85. The van der Waals surface area contributed by atoms with Crippen LogP contribution in [0.15, 0.2) is 150 Å². The summed E-state index contributed by atoms with van der Waals surface area (Å²) in [5.41, 5.74) is 12.1. The zero-order valence-corrected chi connectivity index (χ0v) is 26.8. The third-order valence-corrected chi connectivity index (χ3v) is 11.2. The molecule has 0 amide bonds. The van der Waals surface area contributed by atoms with Crippen molar-refractivity contribution in [2.75, 3.05) is 0 Å². The average molecular weight is 611 g/mol. The van der Waals surface area contributed by atoms with Gasteiger partial charge in [-0.25, -0.2) is 0 Å². The Morgan fingerprint density at radius 3 is 1.90 bits per heavy atom. The largest absolute Gasteiger partial charge is 0.455 e. The molecule has 1 aliphatic rings. The van der Waals surface area contributed by atoms with Gasteiger partial charge in [0.05, 0.1) is 0 Å². The first-order valence-corrected chi connectivity index (χ1v) is 16.8. The summed E-state index contributed by atoms with van der Waals surface area (Å²) in [7, 11) is 0. The van der Waals surface area contributed by atoms with E-state index in [0.717, 1.165) is 16.7 Å². The first-order chi connectivity index (χ1) is 23.5. The van der Waals surface area contributed by atoms with Gasteiger partial charge in [-0.2, -0.15) is 0 Å². The molecule has 0 bridgehead atoms. The van der Waals surface area contributed by atoms with E-state index in [1.54, 1.807) is 0 Å². The van der Waals surface area contributed by atoms with Crippen LogP contribution >= 0.6 is 0 Å². The minimum atomic E-state index is -0.0565. The van der Waals surface area contributed by atoms with E-state index in [0.29, 0.717) is 0 Å². The fourth-order valence-electron chi connectivity index (χ4n) is 8.85. The summed E-state index contributed by atoms with van der Waals surface area (Å²) in [6.07, 6.45) is 0. The van der Waals surface area contributed by atoms with E-state index in [2.05, 4.69) is 159 Å². The van der Waals surface area contributed by atoms with Crippen molar-refractivity contribution >= 4 is 65.0 Å². The Kier molecular flexibility index (Phi) is 4.97. The molecular weight excluding hydrogens is 581 g/mol. The van der Waals surface area contributed by atoms with Gasteiger partial charge in [-0.15, -0.1) is 0 Å². The molecule has 10 aromatic rings. The van der Waals surface area contributed by atoms with Gasteiger partial charge >= 0.3 is 0 Å². The second kappa shape index (κ2) is 9.12. The lowest BCUT2D eigenvalue weighted by atomic mass is 9.82. The molecule has 1 heteroatoms.